The van der Waals surface area contributed by atoms with Crippen molar-refractivity contribution in [2.24, 2.45) is 0 Å². The van der Waals surface area contributed by atoms with Crippen LogP contribution in [0.1, 0.15) is 33.6 Å². The lowest BCUT2D eigenvalue weighted by Crippen LogP contribution is -2.23. The van der Waals surface area contributed by atoms with E-state index >= 15 is 0 Å². The van der Waals surface area contributed by atoms with Gasteiger partial charge in [-0.2, -0.15) is 0 Å². The number of hydrogen-bond donors (Lipinski definition) is 0. The molecule has 25 heavy (non-hydrogen) atoms. The fourth-order valence-electron chi connectivity index (χ4n) is 2.67. The Morgan fingerprint density at radius 1 is 1.08 bits per heavy atom. The van der Waals surface area contributed by atoms with Crippen LogP contribution in [0.4, 0.5) is 5.69 Å². The van der Waals surface area contributed by atoms with Gasteiger partial charge in [0.05, 0.1) is 10.6 Å². The number of Topliss-reactive ketones (excluding diaryl/α,β-unsaturated/α-hetero) is 1. The number of amides is 1. The molecular formula is C19H16ClNO4. The van der Waals surface area contributed by atoms with Gasteiger partial charge in [-0.25, -0.2) is 4.79 Å². The van der Waals surface area contributed by atoms with Crippen LogP contribution in [0.15, 0.2) is 48.5 Å². The zero-order valence-electron chi connectivity index (χ0n) is 13.4. The van der Waals surface area contributed by atoms with Crippen molar-refractivity contribution in [3.05, 3.63) is 64.7 Å². The third-order valence-electron chi connectivity index (χ3n) is 4.00. The molecule has 2 aromatic carbocycles. The van der Waals surface area contributed by atoms with E-state index < -0.39 is 5.97 Å². The molecular weight excluding hydrogens is 342 g/mol. The molecule has 0 bridgehead atoms. The Morgan fingerprint density at radius 3 is 2.44 bits per heavy atom. The standard InChI is InChI=1S/C19H16ClNO4/c20-16-5-2-1-4-15(16)19(24)25-12-17(22)13-7-9-14(10-8-13)21-11-3-6-18(21)23/h1-2,4-5,7-10H,3,6,11-12H2. The highest BCUT2D eigenvalue weighted by molar-refractivity contribution is 6.33. The molecule has 3 rings (SSSR count). The van der Waals surface area contributed by atoms with E-state index in [1.165, 1.54) is 6.07 Å². The molecule has 0 saturated carbocycles. The number of anilines is 1. The Labute approximate surface area is 150 Å². The summed E-state index contributed by atoms with van der Waals surface area (Å²) in [5.74, 6) is -0.870. The van der Waals surface area contributed by atoms with Crippen LogP contribution in [0, 0.1) is 0 Å². The summed E-state index contributed by atoms with van der Waals surface area (Å²) in [4.78, 5) is 37.6. The lowest BCUT2D eigenvalue weighted by molar-refractivity contribution is -0.117. The summed E-state index contributed by atoms with van der Waals surface area (Å²) in [5, 5.41) is 0.277. The second kappa shape index (κ2) is 7.49. The van der Waals surface area contributed by atoms with E-state index in [2.05, 4.69) is 0 Å². The second-order valence-corrected chi connectivity index (χ2v) is 6.08. The lowest BCUT2D eigenvalue weighted by atomic mass is 10.1. The number of ketones is 1. The van der Waals surface area contributed by atoms with Crippen molar-refractivity contribution in [1.82, 2.24) is 0 Å². The van der Waals surface area contributed by atoms with Gasteiger partial charge in [0.25, 0.3) is 0 Å². The Hall–Kier alpha value is -2.66. The summed E-state index contributed by atoms with van der Waals surface area (Å²) in [7, 11) is 0. The Balaban J connectivity index is 1.61. The number of benzene rings is 2. The van der Waals surface area contributed by atoms with E-state index in [0.29, 0.717) is 18.5 Å². The highest BCUT2D eigenvalue weighted by atomic mass is 35.5. The normalized spacial score (nSPS) is 13.8. The van der Waals surface area contributed by atoms with Gasteiger partial charge < -0.3 is 9.64 Å². The van der Waals surface area contributed by atoms with Crippen LogP contribution in [0.5, 0.6) is 0 Å². The molecule has 6 heteroatoms. The topological polar surface area (TPSA) is 63.7 Å². The van der Waals surface area contributed by atoms with Crippen LogP contribution in [0.2, 0.25) is 5.02 Å². The number of ether oxygens (including phenoxy) is 1. The van der Waals surface area contributed by atoms with Crippen LogP contribution in [-0.4, -0.2) is 30.8 Å². The van der Waals surface area contributed by atoms with Crippen molar-refractivity contribution >= 4 is 34.9 Å². The van der Waals surface area contributed by atoms with Crippen molar-refractivity contribution in [3.63, 3.8) is 0 Å². The van der Waals surface area contributed by atoms with Crippen LogP contribution < -0.4 is 4.90 Å². The van der Waals surface area contributed by atoms with Gasteiger partial charge in [-0.15, -0.1) is 0 Å². The fraction of sp³-hybridized carbons (Fsp3) is 0.211. The summed E-state index contributed by atoms with van der Waals surface area (Å²) in [6.45, 7) is 0.327. The Kier molecular flexibility index (Phi) is 5.14. The lowest BCUT2D eigenvalue weighted by Gasteiger charge is -2.15. The number of hydrogen-bond acceptors (Lipinski definition) is 4. The molecule has 0 spiro atoms. The SMILES string of the molecule is O=C(COC(=O)c1ccccc1Cl)c1ccc(N2CCCC2=O)cc1. The fourth-order valence-corrected chi connectivity index (χ4v) is 2.88. The third-order valence-corrected chi connectivity index (χ3v) is 4.33. The first kappa shape index (κ1) is 17.2. The maximum absolute atomic E-state index is 12.2. The van der Waals surface area contributed by atoms with Crippen molar-refractivity contribution in [3.8, 4) is 0 Å². The number of rotatable bonds is 5. The number of carbonyl (C=O) groups is 3. The molecule has 0 radical (unpaired) electrons. The van der Waals surface area contributed by atoms with E-state index in [0.717, 1.165) is 12.1 Å². The predicted octanol–water partition coefficient (Wildman–Crippen LogP) is 3.51. The molecule has 1 aliphatic heterocycles. The summed E-state index contributed by atoms with van der Waals surface area (Å²) in [6.07, 6.45) is 1.40. The predicted molar refractivity (Wildman–Crippen MR) is 94.1 cm³/mol. The van der Waals surface area contributed by atoms with Crippen molar-refractivity contribution in [1.29, 1.82) is 0 Å². The largest absolute Gasteiger partial charge is 0.454 e. The van der Waals surface area contributed by atoms with Crippen LogP contribution in [-0.2, 0) is 9.53 Å². The van der Waals surface area contributed by atoms with Crippen molar-refractivity contribution < 1.29 is 19.1 Å². The smallest absolute Gasteiger partial charge is 0.340 e. The van der Waals surface area contributed by atoms with Gasteiger partial charge >= 0.3 is 5.97 Å². The first-order chi connectivity index (χ1) is 12.1. The molecule has 1 fully saturated rings. The Bertz CT molecular complexity index is 816. The van der Waals surface area contributed by atoms with Gasteiger partial charge in [0.2, 0.25) is 5.91 Å². The summed E-state index contributed by atoms with van der Waals surface area (Å²) in [5.41, 5.74) is 1.41. The molecule has 0 atom stereocenters. The van der Waals surface area contributed by atoms with E-state index in [9.17, 15) is 14.4 Å². The minimum Gasteiger partial charge on any atom is -0.454 e. The van der Waals surface area contributed by atoms with Gasteiger partial charge in [-0.05, 0) is 42.8 Å². The molecule has 2 aromatic rings. The molecule has 0 aliphatic carbocycles. The van der Waals surface area contributed by atoms with Crippen molar-refractivity contribution in [2.75, 3.05) is 18.1 Å². The number of nitrogens with zero attached hydrogens (tertiary/aromatic N) is 1. The highest BCUT2D eigenvalue weighted by Crippen LogP contribution is 2.22. The van der Waals surface area contributed by atoms with E-state index in [-0.39, 0.29) is 28.9 Å². The maximum Gasteiger partial charge on any atom is 0.340 e. The van der Waals surface area contributed by atoms with E-state index in [4.69, 9.17) is 16.3 Å². The third kappa shape index (κ3) is 3.88. The van der Waals surface area contributed by atoms with E-state index in [1.807, 2.05) is 0 Å². The average molecular weight is 358 g/mol. The van der Waals surface area contributed by atoms with Gasteiger partial charge in [0.15, 0.2) is 12.4 Å². The van der Waals surface area contributed by atoms with Crippen molar-refractivity contribution in [2.45, 2.75) is 12.8 Å². The number of carbonyl (C=O) groups excluding carboxylic acids is 3. The molecule has 1 aliphatic rings. The molecule has 5 nitrogen and oxygen atoms in total. The second-order valence-electron chi connectivity index (χ2n) is 5.67. The van der Waals surface area contributed by atoms with Gasteiger partial charge in [0, 0.05) is 24.2 Å². The van der Waals surface area contributed by atoms with Gasteiger partial charge in [0.1, 0.15) is 0 Å². The zero-order chi connectivity index (χ0) is 17.8. The first-order valence-corrected chi connectivity index (χ1v) is 8.29. The zero-order valence-corrected chi connectivity index (χ0v) is 14.2. The molecule has 1 heterocycles. The highest BCUT2D eigenvalue weighted by Gasteiger charge is 2.22. The maximum atomic E-state index is 12.2. The number of halogens is 1. The van der Waals surface area contributed by atoms with Crippen LogP contribution >= 0.6 is 11.6 Å². The summed E-state index contributed by atoms with van der Waals surface area (Å²) < 4.78 is 5.03. The number of esters is 1. The molecule has 128 valence electrons. The summed E-state index contributed by atoms with van der Waals surface area (Å²) in [6, 6.07) is 13.2. The minimum absolute atomic E-state index is 0.0905. The molecule has 0 aromatic heterocycles. The molecule has 0 unspecified atom stereocenters. The van der Waals surface area contributed by atoms with Crippen LogP contribution in [0.25, 0.3) is 0 Å². The first-order valence-electron chi connectivity index (χ1n) is 7.91. The van der Waals surface area contributed by atoms with E-state index in [1.54, 1.807) is 47.4 Å². The van der Waals surface area contributed by atoms with Gasteiger partial charge in [-0.3, -0.25) is 9.59 Å². The minimum atomic E-state index is -0.641. The molecule has 1 saturated heterocycles. The summed E-state index contributed by atoms with van der Waals surface area (Å²) >= 11 is 5.92. The van der Waals surface area contributed by atoms with Crippen LogP contribution in [0.3, 0.4) is 0 Å². The monoisotopic (exact) mass is 357 g/mol. The van der Waals surface area contributed by atoms with Gasteiger partial charge in [-0.1, -0.05) is 23.7 Å². The quantitative estimate of drug-likeness (QED) is 0.607. The molecule has 1 amide bonds. The molecule has 0 N–H and O–H groups in total. The average Bonchev–Trinajstić information content (AvgIpc) is 3.06. The Morgan fingerprint density at radius 2 is 1.80 bits per heavy atom.